The van der Waals surface area contributed by atoms with E-state index >= 15 is 0 Å². The molecule has 7 heteroatoms. The lowest BCUT2D eigenvalue weighted by Gasteiger charge is -2.03. The molecule has 2 rings (SSSR count). The monoisotopic (exact) mass is 269 g/mol. The van der Waals surface area contributed by atoms with E-state index in [1.54, 1.807) is 11.8 Å². The van der Waals surface area contributed by atoms with Gasteiger partial charge in [-0.05, 0) is 29.8 Å². The summed E-state index contributed by atoms with van der Waals surface area (Å²) >= 11 is 3.04. The van der Waals surface area contributed by atoms with Gasteiger partial charge in [0.15, 0.2) is 5.82 Å². The highest BCUT2D eigenvalue weighted by molar-refractivity contribution is 7.99. The van der Waals surface area contributed by atoms with Gasteiger partial charge < -0.3 is 11.1 Å². The third-order valence-corrected chi connectivity index (χ3v) is 4.11. The first-order valence-corrected chi connectivity index (χ1v) is 7.21. The van der Waals surface area contributed by atoms with Gasteiger partial charge in [-0.3, -0.25) is 4.68 Å². The van der Waals surface area contributed by atoms with Gasteiger partial charge in [0.05, 0.1) is 11.1 Å². The van der Waals surface area contributed by atoms with Gasteiger partial charge >= 0.3 is 0 Å². The van der Waals surface area contributed by atoms with Gasteiger partial charge in [0, 0.05) is 19.8 Å². The van der Waals surface area contributed by atoms with Crippen molar-refractivity contribution in [2.24, 2.45) is 7.05 Å². The van der Waals surface area contributed by atoms with Crippen molar-refractivity contribution in [3.63, 3.8) is 0 Å². The fourth-order valence-electron chi connectivity index (χ4n) is 1.53. The molecule has 2 aromatic rings. The summed E-state index contributed by atoms with van der Waals surface area (Å²) < 4.78 is 5.95. The topological polar surface area (TPSA) is 68.8 Å². The molecule has 17 heavy (non-hydrogen) atoms. The van der Waals surface area contributed by atoms with Crippen LogP contribution in [0, 0.1) is 0 Å². The summed E-state index contributed by atoms with van der Waals surface area (Å²) in [6.07, 6.45) is 6.86. The van der Waals surface area contributed by atoms with Crippen LogP contribution in [0.5, 0.6) is 0 Å². The molecule has 2 aromatic heterocycles. The Bertz CT molecular complexity index is 491. The number of hydrogen-bond acceptors (Lipinski definition) is 6. The van der Waals surface area contributed by atoms with Gasteiger partial charge in [0.2, 0.25) is 0 Å². The SMILES string of the molecule is CSc1c(N)nsc1NCCc1cnn(C)c1. The van der Waals surface area contributed by atoms with Crippen molar-refractivity contribution in [1.29, 1.82) is 0 Å². The zero-order valence-corrected chi connectivity index (χ0v) is 11.4. The summed E-state index contributed by atoms with van der Waals surface area (Å²) in [6.45, 7) is 0.862. The second kappa shape index (κ2) is 5.42. The third kappa shape index (κ3) is 2.92. The Balaban J connectivity index is 1.89. The first-order chi connectivity index (χ1) is 8.20. The number of nitrogens with zero attached hydrogens (tertiary/aromatic N) is 3. The molecule has 0 aliphatic rings. The molecule has 0 radical (unpaired) electrons. The lowest BCUT2D eigenvalue weighted by molar-refractivity contribution is 0.767. The molecular weight excluding hydrogens is 254 g/mol. The zero-order chi connectivity index (χ0) is 12.3. The van der Waals surface area contributed by atoms with E-state index in [0.29, 0.717) is 5.82 Å². The number of hydrogen-bond donors (Lipinski definition) is 2. The number of nitrogens with two attached hydrogens (primary N) is 1. The molecule has 0 spiro atoms. The molecule has 0 fully saturated rings. The minimum atomic E-state index is 0.617. The second-order valence-electron chi connectivity index (χ2n) is 3.63. The van der Waals surface area contributed by atoms with E-state index in [-0.39, 0.29) is 0 Å². The minimum absolute atomic E-state index is 0.617. The van der Waals surface area contributed by atoms with Crippen LogP contribution in [0.3, 0.4) is 0 Å². The molecule has 0 saturated heterocycles. The summed E-state index contributed by atoms with van der Waals surface area (Å²) in [5.74, 6) is 0.617. The van der Waals surface area contributed by atoms with Gasteiger partial charge in [0.1, 0.15) is 5.00 Å². The summed E-state index contributed by atoms with van der Waals surface area (Å²) in [7, 11) is 1.92. The Hall–Kier alpha value is -1.21. The Kier molecular flexibility index (Phi) is 3.90. The number of nitrogens with one attached hydrogen (secondary N) is 1. The molecule has 92 valence electrons. The van der Waals surface area contributed by atoms with Crippen molar-refractivity contribution in [3.8, 4) is 0 Å². The highest BCUT2D eigenvalue weighted by Crippen LogP contribution is 2.34. The predicted octanol–water partition coefficient (Wildman–Crippen LogP) is 1.84. The van der Waals surface area contributed by atoms with Crippen molar-refractivity contribution >= 4 is 34.1 Å². The number of anilines is 2. The van der Waals surface area contributed by atoms with E-state index < -0.39 is 0 Å². The van der Waals surface area contributed by atoms with Crippen LogP contribution in [0.15, 0.2) is 17.3 Å². The number of nitrogen functional groups attached to an aromatic ring is 1. The second-order valence-corrected chi connectivity index (χ2v) is 5.22. The van der Waals surface area contributed by atoms with E-state index in [2.05, 4.69) is 14.8 Å². The Labute approximate surface area is 109 Å². The lowest BCUT2D eigenvalue weighted by Crippen LogP contribution is -2.03. The van der Waals surface area contributed by atoms with Crippen LogP contribution in [0.1, 0.15) is 5.56 Å². The van der Waals surface area contributed by atoms with Gasteiger partial charge in [-0.1, -0.05) is 0 Å². The normalized spacial score (nSPS) is 10.7. The summed E-state index contributed by atoms with van der Waals surface area (Å²) in [5, 5.41) is 8.55. The molecule has 0 aliphatic carbocycles. The van der Waals surface area contributed by atoms with Crippen LogP contribution in [-0.2, 0) is 13.5 Å². The van der Waals surface area contributed by atoms with Crippen LogP contribution in [0.4, 0.5) is 10.8 Å². The van der Waals surface area contributed by atoms with Gasteiger partial charge in [-0.2, -0.15) is 9.47 Å². The summed E-state index contributed by atoms with van der Waals surface area (Å²) in [4.78, 5) is 1.04. The molecule has 0 aromatic carbocycles. The van der Waals surface area contributed by atoms with Gasteiger partial charge in [0.25, 0.3) is 0 Å². The van der Waals surface area contributed by atoms with Crippen LogP contribution in [0.2, 0.25) is 0 Å². The van der Waals surface area contributed by atoms with Crippen LogP contribution < -0.4 is 11.1 Å². The van der Waals surface area contributed by atoms with E-state index in [4.69, 9.17) is 5.73 Å². The standard InChI is InChI=1S/C10H15N5S2/c1-15-6-7(5-13-15)3-4-12-10-8(16-2)9(11)14-17-10/h5-6,12H,3-4H2,1-2H3,(H2,11,14). The quantitative estimate of drug-likeness (QED) is 0.811. The van der Waals surface area contributed by atoms with Crippen molar-refractivity contribution in [2.45, 2.75) is 11.3 Å². The Morgan fingerprint density at radius 3 is 3.06 bits per heavy atom. The fraction of sp³-hybridized carbons (Fsp3) is 0.400. The average molecular weight is 269 g/mol. The van der Waals surface area contributed by atoms with E-state index in [9.17, 15) is 0 Å². The lowest BCUT2D eigenvalue weighted by atomic mass is 10.2. The summed E-state index contributed by atoms with van der Waals surface area (Å²) in [6, 6.07) is 0. The smallest absolute Gasteiger partial charge is 0.153 e. The van der Waals surface area contributed by atoms with E-state index in [1.165, 1.54) is 17.1 Å². The highest BCUT2D eigenvalue weighted by Gasteiger charge is 2.09. The van der Waals surface area contributed by atoms with Crippen LogP contribution >= 0.6 is 23.3 Å². The molecule has 0 aliphatic heterocycles. The molecule has 2 heterocycles. The highest BCUT2D eigenvalue weighted by atomic mass is 32.2. The van der Waals surface area contributed by atoms with Crippen molar-refractivity contribution in [1.82, 2.24) is 14.2 Å². The van der Waals surface area contributed by atoms with Crippen LogP contribution in [-0.4, -0.2) is 27.0 Å². The van der Waals surface area contributed by atoms with Crippen LogP contribution in [0.25, 0.3) is 0 Å². The average Bonchev–Trinajstić information content (AvgIpc) is 2.86. The van der Waals surface area contributed by atoms with Gasteiger partial charge in [-0.15, -0.1) is 11.8 Å². The van der Waals surface area contributed by atoms with Crippen molar-refractivity contribution in [2.75, 3.05) is 23.9 Å². The van der Waals surface area contributed by atoms with E-state index in [0.717, 1.165) is 22.9 Å². The number of thioether (sulfide) groups is 1. The maximum absolute atomic E-state index is 5.76. The number of aromatic nitrogens is 3. The first kappa shape index (κ1) is 12.3. The maximum Gasteiger partial charge on any atom is 0.153 e. The molecule has 0 unspecified atom stereocenters. The molecule has 0 saturated carbocycles. The minimum Gasteiger partial charge on any atom is -0.382 e. The largest absolute Gasteiger partial charge is 0.382 e. The molecule has 0 bridgehead atoms. The number of rotatable bonds is 5. The maximum atomic E-state index is 5.76. The Morgan fingerprint density at radius 2 is 2.41 bits per heavy atom. The number of aryl methyl sites for hydroxylation is 1. The van der Waals surface area contributed by atoms with E-state index in [1.807, 2.05) is 30.4 Å². The van der Waals surface area contributed by atoms with Gasteiger partial charge in [-0.25, -0.2) is 0 Å². The summed E-state index contributed by atoms with van der Waals surface area (Å²) in [5.41, 5.74) is 6.99. The first-order valence-electron chi connectivity index (χ1n) is 5.21. The third-order valence-electron chi connectivity index (χ3n) is 2.34. The molecule has 5 nitrogen and oxygen atoms in total. The van der Waals surface area contributed by atoms with Crippen molar-refractivity contribution in [3.05, 3.63) is 18.0 Å². The fourth-order valence-corrected chi connectivity index (χ4v) is 3.09. The molecule has 0 atom stereocenters. The zero-order valence-electron chi connectivity index (χ0n) is 9.80. The molecule has 3 N–H and O–H groups in total. The molecular formula is C10H15N5S2. The Morgan fingerprint density at radius 1 is 1.59 bits per heavy atom. The van der Waals surface area contributed by atoms with Crippen molar-refractivity contribution < 1.29 is 0 Å². The molecule has 0 amide bonds. The predicted molar refractivity (Wildman–Crippen MR) is 73.7 cm³/mol.